The molecule has 0 saturated heterocycles. The van der Waals surface area contributed by atoms with E-state index in [1.807, 2.05) is 37.3 Å². The summed E-state index contributed by atoms with van der Waals surface area (Å²) in [6.07, 6.45) is 5.96. The first kappa shape index (κ1) is 32.0. The third-order valence-corrected chi connectivity index (χ3v) is 8.38. The average Bonchev–Trinajstić information content (AvgIpc) is 2.96. The van der Waals surface area contributed by atoms with Gasteiger partial charge in [-0.1, -0.05) is 36.2 Å². The van der Waals surface area contributed by atoms with Crippen LogP contribution in [0.5, 0.6) is 5.75 Å². The van der Waals surface area contributed by atoms with E-state index < -0.39 is 23.4 Å². The van der Waals surface area contributed by atoms with Crippen LogP contribution in [0, 0.1) is 30.6 Å². The lowest BCUT2D eigenvalue weighted by molar-refractivity contribution is 0.00565. The molecule has 0 spiro atoms. The Morgan fingerprint density at radius 2 is 1.50 bits per heavy atom. The van der Waals surface area contributed by atoms with E-state index in [-0.39, 0.29) is 6.10 Å². The fraction of sp³-hybridized carbons (Fsp3) is 0.543. The number of aryl methyl sites for hydroxylation is 1. The minimum atomic E-state index is -1.21. The van der Waals surface area contributed by atoms with Gasteiger partial charge in [0.05, 0.1) is 12.2 Å². The van der Waals surface area contributed by atoms with E-state index in [0.717, 1.165) is 48.8 Å². The molecule has 2 aromatic carbocycles. The van der Waals surface area contributed by atoms with Crippen LogP contribution in [0.3, 0.4) is 0 Å². The van der Waals surface area contributed by atoms with Crippen molar-refractivity contribution in [3.8, 4) is 29.4 Å². The number of hydrogen-bond donors (Lipinski definition) is 6. The minimum absolute atomic E-state index is 0.275. The number of hydrogen-bond acceptors (Lipinski definition) is 7. The zero-order valence-electron chi connectivity index (χ0n) is 24.7. The fourth-order valence-corrected chi connectivity index (χ4v) is 5.92. The molecule has 226 valence electrons. The predicted molar refractivity (Wildman–Crippen MR) is 165 cm³/mol. The number of ether oxygens (including phenoxy) is 1. The molecular formula is C35H46N2O5. The fourth-order valence-electron chi connectivity index (χ4n) is 5.92. The molecule has 42 heavy (non-hydrogen) atoms. The Bertz CT molecular complexity index is 1330. The third kappa shape index (κ3) is 8.82. The lowest BCUT2D eigenvalue weighted by Gasteiger charge is -2.33. The topological polar surface area (TPSA) is 142 Å². The lowest BCUT2D eigenvalue weighted by atomic mass is 9.83. The van der Waals surface area contributed by atoms with Gasteiger partial charge < -0.3 is 36.6 Å². The van der Waals surface area contributed by atoms with Crippen molar-refractivity contribution < 1.29 is 25.2 Å². The number of aliphatic hydroxyl groups excluding tert-OH is 2. The molecule has 8 N–H and O–H groups in total. The molecule has 7 heteroatoms. The number of rotatable bonds is 8. The molecule has 2 fully saturated rings. The summed E-state index contributed by atoms with van der Waals surface area (Å²) < 4.78 is 6.38. The number of benzene rings is 2. The van der Waals surface area contributed by atoms with Crippen LogP contribution in [0.25, 0.3) is 0 Å². The Kier molecular flexibility index (Phi) is 11.1. The van der Waals surface area contributed by atoms with Gasteiger partial charge >= 0.3 is 0 Å². The van der Waals surface area contributed by atoms with Crippen molar-refractivity contribution in [2.45, 2.75) is 107 Å². The number of nitrogens with two attached hydrogens (primary N) is 2. The van der Waals surface area contributed by atoms with Crippen molar-refractivity contribution in [2.75, 3.05) is 13.1 Å². The molecule has 4 rings (SSSR count). The smallest absolute Gasteiger partial charge is 0.129 e. The largest absolute Gasteiger partial charge is 0.490 e. The molecule has 2 aliphatic carbocycles. The summed E-state index contributed by atoms with van der Waals surface area (Å²) in [5, 5.41) is 43.4. The highest BCUT2D eigenvalue weighted by atomic mass is 16.5. The first-order chi connectivity index (χ1) is 20.1. The molecular weight excluding hydrogens is 528 g/mol. The van der Waals surface area contributed by atoms with E-state index in [2.05, 4.69) is 23.7 Å². The van der Waals surface area contributed by atoms with Crippen molar-refractivity contribution in [3.63, 3.8) is 0 Å². The zero-order valence-corrected chi connectivity index (χ0v) is 24.7. The van der Waals surface area contributed by atoms with Crippen molar-refractivity contribution in [2.24, 2.45) is 11.5 Å². The molecule has 0 aromatic heterocycles. The predicted octanol–water partition coefficient (Wildman–Crippen LogP) is 3.91. The van der Waals surface area contributed by atoms with E-state index in [1.165, 1.54) is 0 Å². The normalized spacial score (nSPS) is 23.1. The average molecular weight is 575 g/mol. The van der Waals surface area contributed by atoms with Gasteiger partial charge in [0.1, 0.15) is 23.1 Å². The summed E-state index contributed by atoms with van der Waals surface area (Å²) in [5.74, 6) is 13.0. The molecule has 4 atom stereocenters. The van der Waals surface area contributed by atoms with Gasteiger partial charge in [-0.3, -0.25) is 0 Å². The first-order valence-corrected chi connectivity index (χ1v) is 15.3. The van der Waals surface area contributed by atoms with Gasteiger partial charge in [-0.2, -0.15) is 0 Å². The number of aliphatic hydroxyl groups is 4. The maximum Gasteiger partial charge on any atom is 0.129 e. The van der Waals surface area contributed by atoms with Gasteiger partial charge in [-0.15, -0.1) is 0 Å². The highest BCUT2D eigenvalue weighted by molar-refractivity contribution is 5.46. The first-order valence-electron chi connectivity index (χ1n) is 15.3. The highest BCUT2D eigenvalue weighted by Crippen LogP contribution is 2.33. The third-order valence-electron chi connectivity index (χ3n) is 8.38. The molecule has 0 radical (unpaired) electrons. The maximum atomic E-state index is 11.4. The molecule has 2 saturated carbocycles. The molecule has 0 heterocycles. The summed E-state index contributed by atoms with van der Waals surface area (Å²) in [6, 6.07) is 11.2. The molecule has 2 aromatic rings. The van der Waals surface area contributed by atoms with Gasteiger partial charge in [0.2, 0.25) is 0 Å². The Hall–Kier alpha value is -2.88. The quantitative estimate of drug-likeness (QED) is 0.263. The van der Waals surface area contributed by atoms with Gasteiger partial charge in [-0.05, 0) is 125 Å². The van der Waals surface area contributed by atoms with Crippen LogP contribution < -0.4 is 16.2 Å². The molecule has 0 aliphatic heterocycles. The Balaban J connectivity index is 1.52. The van der Waals surface area contributed by atoms with Crippen molar-refractivity contribution >= 4 is 0 Å². The van der Waals surface area contributed by atoms with Crippen LogP contribution in [-0.4, -0.2) is 50.8 Å². The van der Waals surface area contributed by atoms with Crippen LogP contribution in [0.1, 0.15) is 111 Å². The van der Waals surface area contributed by atoms with Crippen LogP contribution >= 0.6 is 0 Å². The van der Waals surface area contributed by atoms with E-state index >= 15 is 0 Å². The molecule has 0 amide bonds. The zero-order chi connectivity index (χ0) is 30.2. The van der Waals surface area contributed by atoms with Crippen LogP contribution in [-0.2, 0) is 0 Å². The summed E-state index contributed by atoms with van der Waals surface area (Å²) in [5.41, 5.74) is 13.0. The lowest BCUT2D eigenvalue weighted by Crippen LogP contribution is -2.38. The Labute approximate surface area is 250 Å². The van der Waals surface area contributed by atoms with Crippen molar-refractivity contribution in [1.29, 1.82) is 0 Å². The second-order valence-corrected chi connectivity index (χ2v) is 12.0. The second kappa shape index (κ2) is 14.5. The van der Waals surface area contributed by atoms with E-state index in [4.69, 9.17) is 16.2 Å². The van der Waals surface area contributed by atoms with Gasteiger partial charge in [0, 0.05) is 17.5 Å². The molecule has 4 unspecified atom stereocenters. The van der Waals surface area contributed by atoms with Gasteiger partial charge in [0.25, 0.3) is 0 Å². The van der Waals surface area contributed by atoms with E-state index in [9.17, 15) is 20.4 Å². The van der Waals surface area contributed by atoms with E-state index in [1.54, 1.807) is 6.07 Å². The summed E-state index contributed by atoms with van der Waals surface area (Å²) in [6.45, 7) is 2.68. The Morgan fingerprint density at radius 3 is 2.24 bits per heavy atom. The summed E-state index contributed by atoms with van der Waals surface area (Å²) in [4.78, 5) is 0. The summed E-state index contributed by atoms with van der Waals surface area (Å²) >= 11 is 0. The van der Waals surface area contributed by atoms with Crippen LogP contribution in [0.2, 0.25) is 0 Å². The van der Waals surface area contributed by atoms with E-state index in [0.29, 0.717) is 68.5 Å². The molecule has 7 nitrogen and oxygen atoms in total. The van der Waals surface area contributed by atoms with Crippen LogP contribution in [0.4, 0.5) is 0 Å². The second-order valence-electron chi connectivity index (χ2n) is 12.0. The monoisotopic (exact) mass is 574 g/mol. The SMILES string of the molecule is Cc1ccc(C#CC2(O)CCCC(Oc3cc(C#CC4(O)CCCCC4)cc(C(O)CCN)c3)C2)cc1C(O)CCN. The minimum Gasteiger partial charge on any atom is -0.490 e. The van der Waals surface area contributed by atoms with Crippen molar-refractivity contribution in [1.82, 2.24) is 0 Å². The van der Waals surface area contributed by atoms with Crippen LogP contribution in [0.15, 0.2) is 36.4 Å². The van der Waals surface area contributed by atoms with Gasteiger partial charge in [-0.25, -0.2) is 0 Å². The molecule has 2 aliphatic rings. The highest BCUT2D eigenvalue weighted by Gasteiger charge is 2.34. The van der Waals surface area contributed by atoms with Crippen molar-refractivity contribution in [3.05, 3.63) is 64.2 Å². The molecule has 0 bridgehead atoms. The maximum absolute atomic E-state index is 11.4. The Morgan fingerprint density at radius 1 is 0.833 bits per heavy atom. The summed E-state index contributed by atoms with van der Waals surface area (Å²) in [7, 11) is 0. The standard InChI is InChI=1S/C35H46N2O5/c1-25-7-8-26(22-31(25)33(39)12-19-37)9-17-35(41)15-5-6-29(24-35)42-30-21-27(20-28(23-30)32(38)11-18-36)10-16-34(40)13-3-2-4-14-34/h7-8,20-23,29,32-33,38-41H,2-6,11-15,18-19,24,36-37H2,1H3. The van der Waals surface area contributed by atoms with Gasteiger partial charge in [0.15, 0.2) is 0 Å².